The summed E-state index contributed by atoms with van der Waals surface area (Å²) in [6.45, 7) is 4.32. The first-order valence-electron chi connectivity index (χ1n) is 10.9. The summed E-state index contributed by atoms with van der Waals surface area (Å²) in [6.07, 6.45) is 2.96. The molecule has 0 spiro atoms. The normalized spacial score (nSPS) is 17.0. The largest absolute Gasteiger partial charge is 0.379 e. The molecule has 2 heterocycles. The van der Waals surface area contributed by atoms with Gasteiger partial charge in [0, 0.05) is 43.8 Å². The van der Waals surface area contributed by atoms with Crippen molar-refractivity contribution in [1.29, 1.82) is 0 Å². The molecule has 0 radical (unpaired) electrons. The lowest BCUT2D eigenvalue weighted by molar-refractivity contribution is -0.136. The zero-order valence-electron chi connectivity index (χ0n) is 18.6. The zero-order chi connectivity index (χ0) is 22.5. The Morgan fingerprint density at radius 2 is 1.88 bits per heavy atom. The second-order valence-electron chi connectivity index (χ2n) is 8.09. The van der Waals surface area contributed by atoms with Gasteiger partial charge in [0.2, 0.25) is 0 Å². The molecule has 2 amide bonds. The van der Waals surface area contributed by atoms with E-state index in [1.165, 1.54) is 23.0 Å². The number of hydrogen-bond acceptors (Lipinski definition) is 6. The van der Waals surface area contributed by atoms with Crippen LogP contribution in [0, 0.1) is 0 Å². The van der Waals surface area contributed by atoms with Gasteiger partial charge in [0.05, 0.1) is 24.9 Å². The van der Waals surface area contributed by atoms with Crippen molar-refractivity contribution in [3.63, 3.8) is 0 Å². The molecule has 2 N–H and O–H groups in total. The fourth-order valence-electron chi connectivity index (χ4n) is 4.34. The van der Waals surface area contributed by atoms with Crippen molar-refractivity contribution in [2.75, 3.05) is 62.9 Å². The molecule has 2 aliphatic rings. The molecule has 0 saturated carbocycles. The van der Waals surface area contributed by atoms with E-state index in [2.05, 4.69) is 45.7 Å². The predicted octanol–water partition coefficient (Wildman–Crippen LogP) is 2.53. The summed E-state index contributed by atoms with van der Waals surface area (Å²) in [5.41, 5.74) is 4.41. The van der Waals surface area contributed by atoms with E-state index in [9.17, 15) is 9.59 Å². The quantitative estimate of drug-likeness (QED) is 0.516. The summed E-state index contributed by atoms with van der Waals surface area (Å²) in [7, 11) is 2.11. The minimum Gasteiger partial charge on any atom is -0.379 e. The number of thioether (sulfide) groups is 1. The lowest BCUT2D eigenvalue weighted by Crippen LogP contribution is -2.45. The fourth-order valence-corrected chi connectivity index (χ4v) is 4.89. The number of para-hydroxylation sites is 1. The average Bonchev–Trinajstić information content (AvgIpc) is 3.20. The molecule has 0 aromatic heterocycles. The van der Waals surface area contributed by atoms with Crippen molar-refractivity contribution in [2.24, 2.45) is 0 Å². The number of nitrogens with zero attached hydrogens (tertiary/aromatic N) is 2. The van der Waals surface area contributed by atoms with Gasteiger partial charge in [-0.15, -0.1) is 11.8 Å². The van der Waals surface area contributed by atoms with Crippen molar-refractivity contribution < 1.29 is 14.3 Å². The van der Waals surface area contributed by atoms with Crippen LogP contribution in [-0.2, 0) is 20.7 Å². The molecule has 1 atom stereocenters. The summed E-state index contributed by atoms with van der Waals surface area (Å²) >= 11 is 1.52. The Morgan fingerprint density at radius 1 is 1.09 bits per heavy atom. The van der Waals surface area contributed by atoms with E-state index in [-0.39, 0.29) is 6.04 Å². The summed E-state index contributed by atoms with van der Waals surface area (Å²) in [5, 5.41) is 5.59. The number of hydrogen-bond donors (Lipinski definition) is 2. The third kappa shape index (κ3) is 5.09. The number of anilines is 2. The van der Waals surface area contributed by atoms with Gasteiger partial charge in [0.15, 0.2) is 0 Å². The van der Waals surface area contributed by atoms with Gasteiger partial charge in [0.1, 0.15) is 0 Å². The Bertz CT molecular complexity index is 977. The summed E-state index contributed by atoms with van der Waals surface area (Å²) in [4.78, 5) is 30.6. The van der Waals surface area contributed by atoms with Crippen molar-refractivity contribution in [3.05, 3.63) is 53.6 Å². The fraction of sp³-hybridized carbons (Fsp3) is 0.417. The molecule has 8 heteroatoms. The van der Waals surface area contributed by atoms with Gasteiger partial charge in [0.25, 0.3) is 0 Å². The molecule has 0 bridgehead atoms. The Kier molecular flexibility index (Phi) is 7.34. The Hall–Kier alpha value is -2.55. The van der Waals surface area contributed by atoms with Crippen molar-refractivity contribution in [1.82, 2.24) is 10.2 Å². The van der Waals surface area contributed by atoms with E-state index in [0.29, 0.717) is 25.4 Å². The van der Waals surface area contributed by atoms with Crippen LogP contribution in [-0.4, -0.2) is 69.4 Å². The molecule has 2 aromatic carbocycles. The van der Waals surface area contributed by atoms with Crippen LogP contribution in [0.3, 0.4) is 0 Å². The summed E-state index contributed by atoms with van der Waals surface area (Å²) < 4.78 is 5.52. The highest BCUT2D eigenvalue weighted by molar-refractivity contribution is 7.98. The Morgan fingerprint density at radius 3 is 2.66 bits per heavy atom. The molecule has 4 rings (SSSR count). The Labute approximate surface area is 193 Å². The van der Waals surface area contributed by atoms with E-state index in [1.54, 1.807) is 6.07 Å². The van der Waals surface area contributed by atoms with Crippen LogP contribution in [0.25, 0.3) is 0 Å². The SMILES string of the molecule is CSc1ccccc1NC(=O)C(=O)NCC(c1ccc2c(c1)CCN2C)N1CCOCC1. The predicted molar refractivity (Wildman–Crippen MR) is 128 cm³/mol. The maximum Gasteiger partial charge on any atom is 0.313 e. The molecule has 2 aliphatic heterocycles. The van der Waals surface area contributed by atoms with Crippen LogP contribution >= 0.6 is 11.8 Å². The highest BCUT2D eigenvalue weighted by Crippen LogP contribution is 2.31. The van der Waals surface area contributed by atoms with E-state index in [0.717, 1.165) is 36.5 Å². The van der Waals surface area contributed by atoms with E-state index >= 15 is 0 Å². The third-order valence-corrected chi connectivity index (χ3v) is 6.92. The van der Waals surface area contributed by atoms with Gasteiger partial charge in [-0.2, -0.15) is 0 Å². The number of morpholine rings is 1. The minimum atomic E-state index is -0.650. The first-order chi connectivity index (χ1) is 15.6. The van der Waals surface area contributed by atoms with Crippen molar-refractivity contribution in [2.45, 2.75) is 17.4 Å². The highest BCUT2D eigenvalue weighted by atomic mass is 32.2. The second-order valence-corrected chi connectivity index (χ2v) is 8.94. The molecule has 1 fully saturated rings. The van der Waals surface area contributed by atoms with Crippen molar-refractivity contribution in [3.8, 4) is 0 Å². The van der Waals surface area contributed by atoms with Gasteiger partial charge in [-0.1, -0.05) is 24.3 Å². The second kappa shape index (κ2) is 10.4. The molecule has 2 aromatic rings. The molecule has 1 unspecified atom stereocenters. The first kappa shape index (κ1) is 22.6. The number of ether oxygens (including phenoxy) is 1. The van der Waals surface area contributed by atoms with Crippen LogP contribution in [0.1, 0.15) is 17.2 Å². The molecule has 1 saturated heterocycles. The molecular weight excluding hydrogens is 424 g/mol. The van der Waals surface area contributed by atoms with Crippen LogP contribution in [0.2, 0.25) is 0 Å². The van der Waals surface area contributed by atoms with Gasteiger partial charge < -0.3 is 20.3 Å². The smallest absolute Gasteiger partial charge is 0.313 e. The van der Waals surface area contributed by atoms with Crippen LogP contribution < -0.4 is 15.5 Å². The van der Waals surface area contributed by atoms with Crippen molar-refractivity contribution >= 4 is 35.0 Å². The molecule has 32 heavy (non-hydrogen) atoms. The number of likely N-dealkylation sites (N-methyl/N-ethyl adjacent to an activating group) is 1. The van der Waals surface area contributed by atoms with E-state index < -0.39 is 11.8 Å². The third-order valence-electron chi connectivity index (χ3n) is 6.12. The standard InChI is InChI=1S/C24H30N4O3S/c1-27-10-9-18-15-17(7-8-20(18)27)21(28-11-13-31-14-12-28)16-25-23(29)24(30)26-19-5-3-4-6-22(19)32-2/h3-8,15,21H,9-14,16H2,1-2H3,(H,25,29)(H,26,30). The van der Waals surface area contributed by atoms with E-state index in [4.69, 9.17) is 4.74 Å². The molecule has 170 valence electrons. The zero-order valence-corrected chi connectivity index (χ0v) is 19.4. The molecule has 0 aliphatic carbocycles. The lowest BCUT2D eigenvalue weighted by Gasteiger charge is -2.35. The summed E-state index contributed by atoms with van der Waals surface area (Å²) in [6, 6.07) is 14.0. The number of benzene rings is 2. The number of carbonyl (C=O) groups is 2. The van der Waals surface area contributed by atoms with Gasteiger partial charge in [-0.3, -0.25) is 14.5 Å². The minimum absolute atomic E-state index is 0.00894. The van der Waals surface area contributed by atoms with E-state index in [1.807, 2.05) is 24.5 Å². The van der Waals surface area contributed by atoms with Gasteiger partial charge in [-0.05, 0) is 42.0 Å². The van der Waals surface area contributed by atoms with Crippen LogP contribution in [0.15, 0.2) is 47.4 Å². The molecular formula is C24H30N4O3S. The number of nitrogens with one attached hydrogen (secondary N) is 2. The number of carbonyl (C=O) groups excluding carboxylic acids is 2. The number of rotatable bonds is 6. The first-order valence-corrected chi connectivity index (χ1v) is 12.2. The van der Waals surface area contributed by atoms with Crippen LogP contribution in [0.4, 0.5) is 11.4 Å². The highest BCUT2D eigenvalue weighted by Gasteiger charge is 2.26. The topological polar surface area (TPSA) is 73.9 Å². The van der Waals surface area contributed by atoms with Gasteiger partial charge in [-0.25, -0.2) is 0 Å². The Balaban J connectivity index is 1.45. The van der Waals surface area contributed by atoms with Gasteiger partial charge >= 0.3 is 11.8 Å². The monoisotopic (exact) mass is 454 g/mol. The maximum absolute atomic E-state index is 12.6. The number of fused-ring (bicyclic) bond motifs is 1. The van der Waals surface area contributed by atoms with Crippen LogP contribution in [0.5, 0.6) is 0 Å². The summed E-state index contributed by atoms with van der Waals surface area (Å²) in [5.74, 6) is -1.28. The number of amides is 2. The average molecular weight is 455 g/mol. The maximum atomic E-state index is 12.6. The lowest BCUT2D eigenvalue weighted by atomic mass is 10.0. The molecule has 7 nitrogen and oxygen atoms in total.